The molecule has 4 nitrogen and oxygen atoms in total. The van der Waals surface area contributed by atoms with E-state index in [1.807, 2.05) is 0 Å². The van der Waals surface area contributed by atoms with Crippen LogP contribution in [0, 0.1) is 5.41 Å². The Morgan fingerprint density at radius 3 is 1.93 bits per heavy atom. The van der Waals surface area contributed by atoms with Crippen molar-refractivity contribution in [3.05, 3.63) is 0 Å². The summed E-state index contributed by atoms with van der Waals surface area (Å²) in [7, 11) is 0. The molecule has 0 fully saturated rings. The van der Waals surface area contributed by atoms with Gasteiger partial charge in [-0.3, -0.25) is 4.79 Å². The van der Waals surface area contributed by atoms with E-state index in [4.69, 9.17) is 0 Å². The second kappa shape index (κ2) is 4.09. The normalized spacial score (nSPS) is 15.9. The first kappa shape index (κ1) is 13.1. The van der Waals surface area contributed by atoms with Gasteiger partial charge in [0.2, 0.25) is 5.60 Å². The highest BCUT2D eigenvalue weighted by Crippen LogP contribution is 2.23. The summed E-state index contributed by atoms with van der Waals surface area (Å²) in [5.74, 6) is -1.43. The van der Waals surface area contributed by atoms with Crippen molar-refractivity contribution in [3.8, 4) is 0 Å². The van der Waals surface area contributed by atoms with Gasteiger partial charge in [-0.1, -0.05) is 20.8 Å². The summed E-state index contributed by atoms with van der Waals surface area (Å²) in [5, 5.41) is 9.69. The largest absolute Gasteiger partial charge is 0.464 e. The lowest BCUT2D eigenvalue weighted by molar-refractivity contribution is -0.171. The molecular weight excluding hydrogens is 184 g/mol. The maximum Gasteiger partial charge on any atom is 0.345 e. The molecule has 0 aliphatic rings. The number of hydrogen-bond acceptors (Lipinski definition) is 4. The van der Waals surface area contributed by atoms with Crippen molar-refractivity contribution in [2.75, 3.05) is 6.61 Å². The number of ether oxygens (including phenoxy) is 1. The molecule has 0 bridgehead atoms. The SMILES string of the molecule is CCOC(=O)C(C)(O)C(=O)C(C)(C)C. The van der Waals surface area contributed by atoms with E-state index in [0.717, 1.165) is 0 Å². The van der Waals surface area contributed by atoms with Crippen molar-refractivity contribution in [1.29, 1.82) is 0 Å². The van der Waals surface area contributed by atoms with Gasteiger partial charge in [0.05, 0.1) is 6.61 Å². The van der Waals surface area contributed by atoms with Crippen molar-refractivity contribution in [2.24, 2.45) is 5.41 Å². The van der Waals surface area contributed by atoms with Crippen LogP contribution in [0.25, 0.3) is 0 Å². The zero-order valence-electron chi connectivity index (χ0n) is 9.38. The minimum Gasteiger partial charge on any atom is -0.464 e. The molecule has 0 aromatic carbocycles. The van der Waals surface area contributed by atoms with Gasteiger partial charge >= 0.3 is 5.97 Å². The minimum atomic E-state index is -2.05. The van der Waals surface area contributed by atoms with E-state index in [2.05, 4.69) is 4.74 Å². The summed E-state index contributed by atoms with van der Waals surface area (Å²) >= 11 is 0. The van der Waals surface area contributed by atoms with E-state index in [0.29, 0.717) is 0 Å². The third-order valence-corrected chi connectivity index (χ3v) is 1.80. The maximum absolute atomic E-state index is 11.7. The van der Waals surface area contributed by atoms with E-state index in [1.54, 1.807) is 27.7 Å². The van der Waals surface area contributed by atoms with Crippen LogP contribution in [0.1, 0.15) is 34.6 Å². The molecule has 0 saturated heterocycles. The Morgan fingerprint density at radius 1 is 1.21 bits per heavy atom. The van der Waals surface area contributed by atoms with Crippen LogP contribution in [0.15, 0.2) is 0 Å². The number of rotatable bonds is 3. The average Bonchev–Trinajstić information content (AvgIpc) is 2.01. The molecule has 0 saturated carbocycles. The van der Waals surface area contributed by atoms with Crippen LogP contribution >= 0.6 is 0 Å². The number of esters is 1. The van der Waals surface area contributed by atoms with Gasteiger partial charge in [-0.05, 0) is 13.8 Å². The fraction of sp³-hybridized carbons (Fsp3) is 0.800. The second-order valence-electron chi connectivity index (χ2n) is 4.37. The molecule has 0 aromatic rings. The molecule has 1 atom stereocenters. The van der Waals surface area contributed by atoms with E-state index in [-0.39, 0.29) is 6.61 Å². The Balaban J connectivity index is 4.79. The van der Waals surface area contributed by atoms with Crippen LogP contribution in [0.2, 0.25) is 0 Å². The zero-order chi connectivity index (χ0) is 11.6. The van der Waals surface area contributed by atoms with Gasteiger partial charge in [-0.25, -0.2) is 4.79 Å². The molecule has 0 aromatic heterocycles. The van der Waals surface area contributed by atoms with Gasteiger partial charge in [0.1, 0.15) is 0 Å². The summed E-state index contributed by atoms with van der Waals surface area (Å²) in [6, 6.07) is 0. The van der Waals surface area contributed by atoms with Crippen molar-refractivity contribution in [1.82, 2.24) is 0 Å². The third-order valence-electron chi connectivity index (χ3n) is 1.80. The molecule has 0 aliphatic carbocycles. The highest BCUT2D eigenvalue weighted by atomic mass is 16.5. The van der Waals surface area contributed by atoms with E-state index in [9.17, 15) is 14.7 Å². The van der Waals surface area contributed by atoms with Gasteiger partial charge in [0.15, 0.2) is 5.78 Å². The first-order valence-corrected chi connectivity index (χ1v) is 4.58. The predicted octanol–water partition coefficient (Wildman–Crippen LogP) is 0.916. The topological polar surface area (TPSA) is 63.6 Å². The summed E-state index contributed by atoms with van der Waals surface area (Å²) in [5.41, 5.74) is -2.81. The van der Waals surface area contributed by atoms with Gasteiger partial charge in [-0.15, -0.1) is 0 Å². The molecule has 0 spiro atoms. The molecule has 0 radical (unpaired) electrons. The monoisotopic (exact) mass is 202 g/mol. The first-order valence-electron chi connectivity index (χ1n) is 4.58. The number of ketones is 1. The molecule has 0 amide bonds. The van der Waals surface area contributed by atoms with Crippen LogP contribution in [0.5, 0.6) is 0 Å². The van der Waals surface area contributed by atoms with E-state index in [1.165, 1.54) is 6.92 Å². The fourth-order valence-electron chi connectivity index (χ4n) is 1.09. The molecule has 1 unspecified atom stereocenters. The van der Waals surface area contributed by atoms with Crippen LogP contribution < -0.4 is 0 Å². The van der Waals surface area contributed by atoms with Crippen LogP contribution in [-0.4, -0.2) is 29.1 Å². The number of carbonyl (C=O) groups is 2. The second-order valence-corrected chi connectivity index (χ2v) is 4.37. The lowest BCUT2D eigenvalue weighted by Gasteiger charge is -2.27. The molecule has 0 aliphatic heterocycles. The smallest absolute Gasteiger partial charge is 0.345 e. The summed E-state index contributed by atoms with van der Waals surface area (Å²) < 4.78 is 4.61. The number of carbonyl (C=O) groups excluding carboxylic acids is 2. The molecule has 0 rings (SSSR count). The molecule has 1 N–H and O–H groups in total. The highest BCUT2D eigenvalue weighted by molar-refractivity contribution is 6.08. The Labute approximate surface area is 84.3 Å². The fourth-order valence-corrected chi connectivity index (χ4v) is 1.09. The predicted molar refractivity (Wildman–Crippen MR) is 51.7 cm³/mol. The van der Waals surface area contributed by atoms with E-state index < -0.39 is 22.8 Å². The van der Waals surface area contributed by atoms with Gasteiger partial charge in [-0.2, -0.15) is 0 Å². The van der Waals surface area contributed by atoms with Gasteiger partial charge < -0.3 is 9.84 Å². The van der Waals surface area contributed by atoms with Crippen LogP contribution in [0.3, 0.4) is 0 Å². The first-order chi connectivity index (χ1) is 6.14. The Kier molecular flexibility index (Phi) is 3.82. The number of aliphatic hydroxyl groups is 1. The Bertz CT molecular complexity index is 235. The van der Waals surface area contributed by atoms with Crippen LogP contribution in [-0.2, 0) is 14.3 Å². The van der Waals surface area contributed by atoms with Crippen LogP contribution in [0.4, 0.5) is 0 Å². The molecule has 4 heteroatoms. The minimum absolute atomic E-state index is 0.145. The lowest BCUT2D eigenvalue weighted by atomic mass is 9.81. The third kappa shape index (κ3) is 2.80. The van der Waals surface area contributed by atoms with E-state index >= 15 is 0 Å². The average molecular weight is 202 g/mol. The number of hydrogen-bond donors (Lipinski definition) is 1. The van der Waals surface area contributed by atoms with Crippen molar-refractivity contribution in [2.45, 2.75) is 40.2 Å². The van der Waals surface area contributed by atoms with Crippen molar-refractivity contribution >= 4 is 11.8 Å². The highest BCUT2D eigenvalue weighted by Gasteiger charge is 2.45. The van der Waals surface area contributed by atoms with Gasteiger partial charge in [0, 0.05) is 5.41 Å². The summed E-state index contributed by atoms with van der Waals surface area (Å²) in [6.07, 6.45) is 0. The Morgan fingerprint density at radius 2 is 1.64 bits per heavy atom. The molecule has 0 heterocycles. The lowest BCUT2D eigenvalue weighted by Crippen LogP contribution is -2.50. The quantitative estimate of drug-likeness (QED) is 0.546. The summed E-state index contributed by atoms with van der Waals surface area (Å²) in [6.45, 7) is 7.86. The van der Waals surface area contributed by atoms with Gasteiger partial charge in [0.25, 0.3) is 0 Å². The summed E-state index contributed by atoms with van der Waals surface area (Å²) in [4.78, 5) is 22.9. The molecular formula is C10H18O4. The van der Waals surface area contributed by atoms with Crippen molar-refractivity contribution in [3.63, 3.8) is 0 Å². The standard InChI is InChI=1S/C10H18O4/c1-6-14-8(12)10(5,13)7(11)9(2,3)4/h13H,6H2,1-5H3. The molecule has 82 valence electrons. The zero-order valence-corrected chi connectivity index (χ0v) is 9.38. The molecule has 14 heavy (non-hydrogen) atoms. The van der Waals surface area contributed by atoms with Crippen molar-refractivity contribution < 1.29 is 19.4 Å². The number of Topliss-reactive ketones (excluding diaryl/α,β-unsaturated/α-hetero) is 1. The maximum atomic E-state index is 11.7. The Hall–Kier alpha value is -0.900.